The van der Waals surface area contributed by atoms with E-state index in [1.165, 1.54) is 12.1 Å². The summed E-state index contributed by atoms with van der Waals surface area (Å²) in [5.74, 6) is 0.531. The molecule has 0 radical (unpaired) electrons. The van der Waals surface area contributed by atoms with Gasteiger partial charge in [0.1, 0.15) is 5.75 Å². The molecule has 7 heteroatoms. The van der Waals surface area contributed by atoms with Gasteiger partial charge in [0.2, 0.25) is 0 Å². The molecule has 2 rings (SSSR count). The first-order valence-electron chi connectivity index (χ1n) is 6.32. The van der Waals surface area contributed by atoms with Crippen LogP contribution >= 0.6 is 0 Å². The quantitative estimate of drug-likeness (QED) is 0.891. The van der Waals surface area contributed by atoms with Gasteiger partial charge in [-0.1, -0.05) is 18.2 Å². The Balaban J connectivity index is 1.89. The Morgan fingerprint density at radius 1 is 1.40 bits per heavy atom. The van der Waals surface area contributed by atoms with Crippen molar-refractivity contribution in [3.63, 3.8) is 0 Å². The van der Waals surface area contributed by atoms with E-state index in [2.05, 4.69) is 20.4 Å². The Morgan fingerprint density at radius 3 is 2.80 bits per heavy atom. The van der Waals surface area contributed by atoms with Crippen molar-refractivity contribution in [1.29, 1.82) is 0 Å². The monoisotopic (exact) mass is 287 g/mol. The van der Waals surface area contributed by atoms with Crippen LogP contribution in [0.15, 0.2) is 29.3 Å². The minimum absolute atomic E-state index is 0.156. The largest absolute Gasteiger partial charge is 0.573 e. The SMILES string of the molecule is CC1CN=C(NCCc2ccccc2OC(F)(F)F)N1. The van der Waals surface area contributed by atoms with Crippen LogP contribution in [0.2, 0.25) is 0 Å². The second kappa shape index (κ2) is 6.02. The fraction of sp³-hybridized carbons (Fsp3) is 0.462. The number of nitrogens with zero attached hydrogens (tertiary/aromatic N) is 1. The summed E-state index contributed by atoms with van der Waals surface area (Å²) in [6.45, 7) is 3.19. The molecule has 1 aromatic rings. The zero-order chi connectivity index (χ0) is 14.6. The number of nitrogens with one attached hydrogen (secondary N) is 2. The van der Waals surface area contributed by atoms with Crippen molar-refractivity contribution in [3.05, 3.63) is 29.8 Å². The van der Waals surface area contributed by atoms with E-state index in [4.69, 9.17) is 0 Å². The molecule has 4 nitrogen and oxygen atoms in total. The van der Waals surface area contributed by atoms with Crippen LogP contribution in [0.25, 0.3) is 0 Å². The fourth-order valence-electron chi connectivity index (χ4n) is 1.91. The molecular formula is C13H16F3N3O. The van der Waals surface area contributed by atoms with Crippen molar-refractivity contribution < 1.29 is 17.9 Å². The maximum atomic E-state index is 12.3. The van der Waals surface area contributed by atoms with Crippen molar-refractivity contribution in [2.24, 2.45) is 4.99 Å². The number of guanidine groups is 1. The summed E-state index contributed by atoms with van der Waals surface area (Å²) in [4.78, 5) is 4.21. The molecule has 0 bridgehead atoms. The van der Waals surface area contributed by atoms with Gasteiger partial charge in [-0.15, -0.1) is 13.2 Å². The highest BCUT2D eigenvalue weighted by Crippen LogP contribution is 2.26. The predicted octanol–water partition coefficient (Wildman–Crippen LogP) is 2.06. The number of aliphatic imine (C=N–C) groups is 1. The Hall–Kier alpha value is -1.92. The lowest BCUT2D eigenvalue weighted by Crippen LogP contribution is -2.38. The summed E-state index contributed by atoms with van der Waals surface area (Å²) in [7, 11) is 0. The van der Waals surface area contributed by atoms with Crippen molar-refractivity contribution in [2.75, 3.05) is 13.1 Å². The summed E-state index contributed by atoms with van der Waals surface area (Å²) >= 11 is 0. The molecule has 0 aromatic heterocycles. The zero-order valence-corrected chi connectivity index (χ0v) is 11.0. The average molecular weight is 287 g/mol. The van der Waals surface area contributed by atoms with Gasteiger partial charge in [0.25, 0.3) is 0 Å². The molecule has 1 heterocycles. The van der Waals surface area contributed by atoms with Gasteiger partial charge in [-0.25, -0.2) is 0 Å². The molecule has 1 unspecified atom stereocenters. The van der Waals surface area contributed by atoms with Crippen molar-refractivity contribution in [2.45, 2.75) is 25.7 Å². The molecule has 1 aliphatic heterocycles. The van der Waals surface area contributed by atoms with E-state index in [0.717, 1.165) is 0 Å². The second-order valence-corrected chi connectivity index (χ2v) is 4.57. The van der Waals surface area contributed by atoms with E-state index in [0.29, 0.717) is 37.1 Å². The van der Waals surface area contributed by atoms with Crippen LogP contribution in [0.1, 0.15) is 12.5 Å². The fourth-order valence-corrected chi connectivity index (χ4v) is 1.91. The normalized spacial score (nSPS) is 18.4. The lowest BCUT2D eigenvalue weighted by atomic mass is 10.1. The van der Waals surface area contributed by atoms with Crippen LogP contribution in [0, 0.1) is 0 Å². The summed E-state index contributed by atoms with van der Waals surface area (Å²) in [6.07, 6.45) is -4.25. The first-order chi connectivity index (χ1) is 9.44. The highest BCUT2D eigenvalue weighted by molar-refractivity contribution is 5.81. The van der Waals surface area contributed by atoms with Gasteiger partial charge in [0.15, 0.2) is 5.96 Å². The lowest BCUT2D eigenvalue weighted by molar-refractivity contribution is -0.274. The zero-order valence-electron chi connectivity index (χ0n) is 11.0. The summed E-state index contributed by atoms with van der Waals surface area (Å²) < 4.78 is 40.8. The number of benzene rings is 1. The Bertz CT molecular complexity index is 488. The highest BCUT2D eigenvalue weighted by atomic mass is 19.4. The molecule has 0 fully saturated rings. The molecule has 2 N–H and O–H groups in total. The van der Waals surface area contributed by atoms with Crippen LogP contribution in [0.4, 0.5) is 13.2 Å². The Kier molecular flexibility index (Phi) is 4.36. The molecule has 0 saturated heterocycles. The topological polar surface area (TPSA) is 45.7 Å². The van der Waals surface area contributed by atoms with E-state index in [9.17, 15) is 13.2 Å². The number of halogens is 3. The predicted molar refractivity (Wildman–Crippen MR) is 69.7 cm³/mol. The molecule has 0 amide bonds. The van der Waals surface area contributed by atoms with E-state index in [1.807, 2.05) is 6.92 Å². The smallest absolute Gasteiger partial charge is 0.406 e. The minimum Gasteiger partial charge on any atom is -0.406 e. The van der Waals surface area contributed by atoms with Crippen LogP contribution < -0.4 is 15.4 Å². The number of rotatable bonds is 4. The van der Waals surface area contributed by atoms with Gasteiger partial charge >= 0.3 is 6.36 Å². The molecule has 0 aliphatic carbocycles. The third-order valence-corrected chi connectivity index (χ3v) is 2.79. The van der Waals surface area contributed by atoms with Gasteiger partial charge in [-0.05, 0) is 25.0 Å². The standard InChI is InChI=1S/C13H16F3N3O/c1-9-8-18-12(19-9)17-7-6-10-4-2-3-5-11(10)20-13(14,15)16/h2-5,9H,6-8H2,1H3,(H2,17,18,19). The van der Waals surface area contributed by atoms with Gasteiger partial charge in [0, 0.05) is 12.6 Å². The van der Waals surface area contributed by atoms with Crippen molar-refractivity contribution in [1.82, 2.24) is 10.6 Å². The number of hydrogen-bond donors (Lipinski definition) is 2. The van der Waals surface area contributed by atoms with Gasteiger partial charge < -0.3 is 15.4 Å². The lowest BCUT2D eigenvalue weighted by Gasteiger charge is -2.14. The van der Waals surface area contributed by atoms with E-state index >= 15 is 0 Å². The summed E-state index contributed by atoms with van der Waals surface area (Å²) in [5, 5.41) is 6.17. The van der Waals surface area contributed by atoms with E-state index in [-0.39, 0.29) is 5.75 Å². The molecule has 20 heavy (non-hydrogen) atoms. The Morgan fingerprint density at radius 2 is 2.15 bits per heavy atom. The number of para-hydroxylation sites is 1. The first-order valence-corrected chi connectivity index (χ1v) is 6.32. The third-order valence-electron chi connectivity index (χ3n) is 2.79. The van der Waals surface area contributed by atoms with E-state index < -0.39 is 6.36 Å². The minimum atomic E-state index is -4.67. The van der Waals surface area contributed by atoms with Crippen LogP contribution in [-0.4, -0.2) is 31.5 Å². The Labute approximate surface area is 115 Å². The van der Waals surface area contributed by atoms with Crippen molar-refractivity contribution >= 4 is 5.96 Å². The van der Waals surface area contributed by atoms with Gasteiger partial charge in [-0.3, -0.25) is 4.99 Å². The molecule has 0 spiro atoms. The molecule has 1 aliphatic rings. The molecular weight excluding hydrogens is 271 g/mol. The first kappa shape index (κ1) is 14.5. The molecule has 1 aromatic carbocycles. The summed E-state index contributed by atoms with van der Waals surface area (Å²) in [6, 6.07) is 6.43. The number of alkyl halides is 3. The summed E-state index contributed by atoms with van der Waals surface area (Å²) in [5.41, 5.74) is 0.504. The molecule has 0 saturated carbocycles. The van der Waals surface area contributed by atoms with Crippen LogP contribution in [-0.2, 0) is 6.42 Å². The van der Waals surface area contributed by atoms with E-state index in [1.54, 1.807) is 12.1 Å². The van der Waals surface area contributed by atoms with Gasteiger partial charge in [0.05, 0.1) is 6.54 Å². The van der Waals surface area contributed by atoms with Gasteiger partial charge in [-0.2, -0.15) is 0 Å². The highest BCUT2D eigenvalue weighted by Gasteiger charge is 2.31. The average Bonchev–Trinajstić information content (AvgIpc) is 2.75. The van der Waals surface area contributed by atoms with Crippen LogP contribution in [0.3, 0.4) is 0 Å². The molecule has 1 atom stereocenters. The number of ether oxygens (including phenoxy) is 1. The van der Waals surface area contributed by atoms with Crippen LogP contribution in [0.5, 0.6) is 5.75 Å². The maximum absolute atomic E-state index is 12.3. The number of hydrogen-bond acceptors (Lipinski definition) is 4. The molecule has 110 valence electrons. The maximum Gasteiger partial charge on any atom is 0.573 e. The van der Waals surface area contributed by atoms with Crippen molar-refractivity contribution in [3.8, 4) is 5.75 Å². The second-order valence-electron chi connectivity index (χ2n) is 4.57. The third kappa shape index (κ3) is 4.32.